The van der Waals surface area contributed by atoms with E-state index in [2.05, 4.69) is 10.1 Å². The van der Waals surface area contributed by atoms with Crippen LogP contribution in [0.3, 0.4) is 0 Å². The zero-order chi connectivity index (χ0) is 23.7. The standard InChI is InChI=1S/C24H17ClN2O6/c1-13-18(25)4-3-5-19(13)27-22(29)17(21(28)26-24(27)31)12-16-10-11-20(33-16)14-6-8-15(9-7-14)23(30)32-2/h3-12H,1-2H3,(H,26,28,31)/b17-12+. The predicted molar refractivity (Wildman–Crippen MR) is 121 cm³/mol. The lowest BCUT2D eigenvalue weighted by molar-refractivity contribution is -0.122. The summed E-state index contributed by atoms with van der Waals surface area (Å²) in [4.78, 5) is 50.3. The highest BCUT2D eigenvalue weighted by Crippen LogP contribution is 2.30. The first-order chi connectivity index (χ1) is 15.8. The Bertz CT molecular complexity index is 1320. The normalized spacial score (nSPS) is 15.1. The number of hydrogen-bond acceptors (Lipinski definition) is 6. The van der Waals surface area contributed by atoms with Crippen molar-refractivity contribution in [1.29, 1.82) is 0 Å². The fourth-order valence-corrected chi connectivity index (χ4v) is 3.50. The number of halogens is 1. The van der Waals surface area contributed by atoms with Gasteiger partial charge in [-0.1, -0.05) is 29.8 Å². The Hall–Kier alpha value is -4.17. The van der Waals surface area contributed by atoms with Crippen molar-refractivity contribution in [3.8, 4) is 11.3 Å². The summed E-state index contributed by atoms with van der Waals surface area (Å²) in [5.74, 6) is -1.39. The molecule has 4 amide bonds. The van der Waals surface area contributed by atoms with Gasteiger partial charge in [0.25, 0.3) is 11.8 Å². The molecule has 0 radical (unpaired) electrons. The number of imide groups is 2. The highest BCUT2D eigenvalue weighted by molar-refractivity contribution is 6.39. The number of hydrogen-bond donors (Lipinski definition) is 1. The SMILES string of the molecule is COC(=O)c1ccc(-c2ccc(/C=C3\C(=O)NC(=O)N(c4cccc(Cl)c4C)C3=O)o2)cc1. The van der Waals surface area contributed by atoms with E-state index in [0.717, 1.165) is 4.90 Å². The molecule has 0 spiro atoms. The molecule has 0 saturated carbocycles. The zero-order valence-electron chi connectivity index (χ0n) is 17.5. The summed E-state index contributed by atoms with van der Waals surface area (Å²) in [7, 11) is 1.30. The molecule has 0 bridgehead atoms. The van der Waals surface area contributed by atoms with E-state index in [9.17, 15) is 19.2 Å². The van der Waals surface area contributed by atoms with Crippen molar-refractivity contribution >= 4 is 47.2 Å². The van der Waals surface area contributed by atoms with Crippen LogP contribution in [-0.2, 0) is 14.3 Å². The number of furan rings is 1. The van der Waals surface area contributed by atoms with Gasteiger partial charge in [0.2, 0.25) is 0 Å². The molecule has 1 aliphatic heterocycles. The molecule has 8 nitrogen and oxygen atoms in total. The molecule has 1 N–H and O–H groups in total. The number of nitrogens with zero attached hydrogens (tertiary/aromatic N) is 1. The molecule has 1 saturated heterocycles. The van der Waals surface area contributed by atoms with Gasteiger partial charge in [-0.3, -0.25) is 14.9 Å². The molecule has 166 valence electrons. The molecule has 2 aromatic carbocycles. The van der Waals surface area contributed by atoms with Crippen molar-refractivity contribution in [2.45, 2.75) is 6.92 Å². The van der Waals surface area contributed by atoms with E-state index in [1.807, 2.05) is 0 Å². The summed E-state index contributed by atoms with van der Waals surface area (Å²) in [6, 6.07) is 13.7. The Morgan fingerprint density at radius 2 is 1.79 bits per heavy atom. The third-order valence-electron chi connectivity index (χ3n) is 5.09. The molecule has 0 unspecified atom stereocenters. The first-order valence-corrected chi connectivity index (χ1v) is 10.1. The van der Waals surface area contributed by atoms with Gasteiger partial charge in [0.15, 0.2) is 0 Å². The van der Waals surface area contributed by atoms with E-state index in [1.165, 1.54) is 13.2 Å². The second kappa shape index (κ2) is 8.76. The molecular formula is C24H17ClN2O6. The smallest absolute Gasteiger partial charge is 0.337 e. The maximum Gasteiger partial charge on any atom is 0.337 e. The monoisotopic (exact) mass is 464 g/mol. The number of esters is 1. The van der Waals surface area contributed by atoms with Gasteiger partial charge in [0, 0.05) is 10.6 Å². The highest BCUT2D eigenvalue weighted by Gasteiger charge is 2.37. The molecule has 1 aliphatic rings. The number of barbiturate groups is 1. The number of carbonyl (C=O) groups is 4. The average molecular weight is 465 g/mol. The van der Waals surface area contributed by atoms with Crippen LogP contribution in [0.1, 0.15) is 21.7 Å². The van der Waals surface area contributed by atoms with Gasteiger partial charge in [-0.25, -0.2) is 14.5 Å². The molecule has 4 rings (SSSR count). The molecule has 0 aliphatic carbocycles. The number of nitrogens with one attached hydrogen (secondary N) is 1. The topological polar surface area (TPSA) is 106 Å². The molecule has 9 heteroatoms. The van der Waals surface area contributed by atoms with Gasteiger partial charge < -0.3 is 9.15 Å². The molecule has 3 aromatic rings. The van der Waals surface area contributed by atoms with E-state index in [-0.39, 0.29) is 17.0 Å². The van der Waals surface area contributed by atoms with Crippen molar-refractivity contribution in [2.24, 2.45) is 0 Å². The Labute approximate surface area is 193 Å². The lowest BCUT2D eigenvalue weighted by Crippen LogP contribution is -2.54. The van der Waals surface area contributed by atoms with E-state index in [0.29, 0.717) is 27.5 Å². The third-order valence-corrected chi connectivity index (χ3v) is 5.50. The van der Waals surface area contributed by atoms with Crippen LogP contribution in [0.25, 0.3) is 17.4 Å². The molecule has 33 heavy (non-hydrogen) atoms. The summed E-state index contributed by atoms with van der Waals surface area (Å²) >= 11 is 6.13. The summed E-state index contributed by atoms with van der Waals surface area (Å²) in [5.41, 5.74) is 1.59. The Balaban J connectivity index is 1.65. The van der Waals surface area contributed by atoms with E-state index >= 15 is 0 Å². The third kappa shape index (κ3) is 4.16. The quantitative estimate of drug-likeness (QED) is 0.349. The number of amides is 4. The summed E-state index contributed by atoms with van der Waals surface area (Å²) in [5, 5.41) is 2.55. The first-order valence-electron chi connectivity index (χ1n) is 9.75. The van der Waals surface area contributed by atoms with Gasteiger partial charge in [-0.05, 0) is 55.0 Å². The van der Waals surface area contributed by atoms with Gasteiger partial charge in [0.1, 0.15) is 17.1 Å². The van der Waals surface area contributed by atoms with Gasteiger partial charge >= 0.3 is 12.0 Å². The Morgan fingerprint density at radius 1 is 1.06 bits per heavy atom. The minimum atomic E-state index is -0.863. The highest BCUT2D eigenvalue weighted by atomic mass is 35.5. The molecule has 2 heterocycles. The van der Waals surface area contributed by atoms with Crippen molar-refractivity contribution in [3.05, 3.63) is 82.1 Å². The minimum absolute atomic E-state index is 0.234. The number of ether oxygens (including phenoxy) is 1. The van der Waals surface area contributed by atoms with Crippen LogP contribution >= 0.6 is 11.6 Å². The van der Waals surface area contributed by atoms with Crippen molar-refractivity contribution in [1.82, 2.24) is 5.32 Å². The van der Waals surface area contributed by atoms with E-state index in [1.54, 1.807) is 61.5 Å². The van der Waals surface area contributed by atoms with Gasteiger partial charge in [-0.2, -0.15) is 0 Å². The van der Waals surface area contributed by atoms with Crippen LogP contribution in [0.4, 0.5) is 10.5 Å². The number of rotatable bonds is 4. The van der Waals surface area contributed by atoms with Crippen molar-refractivity contribution < 1.29 is 28.3 Å². The molecule has 1 fully saturated rings. The fraction of sp³-hybridized carbons (Fsp3) is 0.0833. The van der Waals surface area contributed by atoms with E-state index < -0.39 is 23.8 Å². The van der Waals surface area contributed by atoms with Crippen LogP contribution in [0, 0.1) is 6.92 Å². The lowest BCUT2D eigenvalue weighted by Gasteiger charge is -2.27. The largest absolute Gasteiger partial charge is 0.465 e. The summed E-state index contributed by atoms with van der Waals surface area (Å²) < 4.78 is 10.4. The van der Waals surface area contributed by atoms with Gasteiger partial charge in [-0.15, -0.1) is 0 Å². The maximum atomic E-state index is 13.1. The number of methoxy groups -OCH3 is 1. The van der Waals surface area contributed by atoms with Crippen LogP contribution in [0.2, 0.25) is 5.02 Å². The van der Waals surface area contributed by atoms with Crippen LogP contribution in [-0.4, -0.2) is 30.9 Å². The van der Waals surface area contributed by atoms with Crippen molar-refractivity contribution in [3.63, 3.8) is 0 Å². The fourth-order valence-electron chi connectivity index (χ4n) is 3.33. The van der Waals surface area contributed by atoms with Crippen LogP contribution in [0.15, 0.2) is 64.6 Å². The van der Waals surface area contributed by atoms with Crippen molar-refractivity contribution in [2.75, 3.05) is 12.0 Å². The minimum Gasteiger partial charge on any atom is -0.465 e. The second-order valence-corrected chi connectivity index (χ2v) is 7.52. The van der Waals surface area contributed by atoms with Crippen LogP contribution < -0.4 is 10.2 Å². The number of benzene rings is 2. The molecular weight excluding hydrogens is 448 g/mol. The zero-order valence-corrected chi connectivity index (χ0v) is 18.3. The van der Waals surface area contributed by atoms with E-state index in [4.69, 9.17) is 16.0 Å². The number of anilines is 1. The Morgan fingerprint density at radius 3 is 2.48 bits per heavy atom. The summed E-state index contributed by atoms with van der Waals surface area (Å²) in [6.45, 7) is 1.67. The number of urea groups is 1. The first kappa shape index (κ1) is 22.0. The predicted octanol–water partition coefficient (Wildman–Crippen LogP) is 4.36. The second-order valence-electron chi connectivity index (χ2n) is 7.11. The Kier molecular flexibility index (Phi) is 5.85. The van der Waals surface area contributed by atoms with Crippen LogP contribution in [0.5, 0.6) is 0 Å². The average Bonchev–Trinajstić information content (AvgIpc) is 3.27. The molecule has 1 aromatic heterocycles. The van der Waals surface area contributed by atoms with Gasteiger partial charge in [0.05, 0.1) is 18.4 Å². The lowest BCUT2D eigenvalue weighted by atomic mass is 10.1. The summed E-state index contributed by atoms with van der Waals surface area (Å²) in [6.07, 6.45) is 1.27. The molecule has 0 atom stereocenters. The maximum absolute atomic E-state index is 13.1. The number of carbonyl (C=O) groups excluding carboxylic acids is 4.